The molecular formula is C14H23N3O3S. The molecule has 0 aromatic heterocycles. The summed E-state index contributed by atoms with van der Waals surface area (Å²) in [6, 6.07) is 5.61. The Morgan fingerprint density at radius 3 is 2.19 bits per heavy atom. The average Bonchev–Trinajstić information content (AvgIpc) is 2.46. The van der Waals surface area contributed by atoms with E-state index in [2.05, 4.69) is 5.32 Å². The maximum Gasteiger partial charge on any atom is 0.251 e. The first-order valence-electron chi connectivity index (χ1n) is 6.79. The monoisotopic (exact) mass is 313 g/mol. The molecule has 0 saturated heterocycles. The standard InChI is InChI=1S/C14H23N3O3S/c1-10(2)17(4)21(19,20)13-7-5-12(6-8-13)14(18)16-11(3)9-15/h5-8,10-11H,9,15H2,1-4H3,(H,16,18)/t11-/m0/s1. The molecule has 3 N–H and O–H groups in total. The Hall–Kier alpha value is -1.44. The van der Waals surface area contributed by atoms with E-state index in [4.69, 9.17) is 5.73 Å². The first-order chi connectivity index (χ1) is 9.70. The van der Waals surface area contributed by atoms with Gasteiger partial charge in [0.05, 0.1) is 4.90 Å². The van der Waals surface area contributed by atoms with Crippen molar-refractivity contribution in [3.63, 3.8) is 0 Å². The van der Waals surface area contributed by atoms with Gasteiger partial charge in [-0.1, -0.05) is 0 Å². The lowest BCUT2D eigenvalue weighted by atomic mass is 10.2. The zero-order valence-electron chi connectivity index (χ0n) is 12.8. The van der Waals surface area contributed by atoms with Crippen LogP contribution in [0.3, 0.4) is 0 Å². The van der Waals surface area contributed by atoms with Crippen LogP contribution in [0.2, 0.25) is 0 Å². The summed E-state index contributed by atoms with van der Waals surface area (Å²) in [6.07, 6.45) is 0. The van der Waals surface area contributed by atoms with E-state index in [1.165, 1.54) is 35.6 Å². The Balaban J connectivity index is 2.95. The van der Waals surface area contributed by atoms with Gasteiger partial charge in [0.1, 0.15) is 0 Å². The Kier molecular flexibility index (Phi) is 5.88. The number of amides is 1. The highest BCUT2D eigenvalue weighted by molar-refractivity contribution is 7.89. The SMILES string of the molecule is CC(C)N(C)S(=O)(=O)c1ccc(C(=O)N[C@@H](C)CN)cc1. The van der Waals surface area contributed by atoms with Gasteiger partial charge in [-0.2, -0.15) is 4.31 Å². The van der Waals surface area contributed by atoms with Crippen molar-refractivity contribution in [1.29, 1.82) is 0 Å². The molecule has 1 atom stereocenters. The van der Waals surface area contributed by atoms with Crippen molar-refractivity contribution in [2.75, 3.05) is 13.6 Å². The lowest BCUT2D eigenvalue weighted by molar-refractivity contribution is 0.0941. The van der Waals surface area contributed by atoms with Gasteiger partial charge in [-0.25, -0.2) is 8.42 Å². The predicted molar refractivity (Wildman–Crippen MR) is 82.5 cm³/mol. The molecule has 0 aliphatic rings. The van der Waals surface area contributed by atoms with Gasteiger partial charge in [-0.05, 0) is 45.0 Å². The first-order valence-corrected chi connectivity index (χ1v) is 8.23. The third kappa shape index (κ3) is 4.26. The van der Waals surface area contributed by atoms with Gasteiger partial charge in [0.2, 0.25) is 10.0 Å². The molecule has 0 saturated carbocycles. The summed E-state index contributed by atoms with van der Waals surface area (Å²) in [5.74, 6) is -0.269. The summed E-state index contributed by atoms with van der Waals surface area (Å²) < 4.78 is 25.9. The van der Waals surface area contributed by atoms with Crippen LogP contribution in [-0.2, 0) is 10.0 Å². The quantitative estimate of drug-likeness (QED) is 0.812. The summed E-state index contributed by atoms with van der Waals surface area (Å²) in [5, 5.41) is 2.72. The number of carbonyl (C=O) groups is 1. The molecule has 0 spiro atoms. The zero-order valence-corrected chi connectivity index (χ0v) is 13.6. The van der Waals surface area contributed by atoms with E-state index in [0.717, 1.165) is 0 Å². The number of nitrogens with zero attached hydrogens (tertiary/aromatic N) is 1. The molecule has 1 aromatic carbocycles. The van der Waals surface area contributed by atoms with Gasteiger partial charge in [-0.3, -0.25) is 4.79 Å². The number of nitrogens with one attached hydrogen (secondary N) is 1. The maximum atomic E-state index is 12.3. The topological polar surface area (TPSA) is 92.5 Å². The van der Waals surface area contributed by atoms with Gasteiger partial charge in [0.25, 0.3) is 5.91 Å². The smallest absolute Gasteiger partial charge is 0.251 e. The third-order valence-corrected chi connectivity index (χ3v) is 5.30. The minimum atomic E-state index is -3.53. The molecule has 7 heteroatoms. The van der Waals surface area contributed by atoms with Gasteiger partial charge >= 0.3 is 0 Å². The van der Waals surface area contributed by atoms with Gasteiger partial charge in [-0.15, -0.1) is 0 Å². The second-order valence-electron chi connectivity index (χ2n) is 5.25. The molecule has 1 rings (SSSR count). The molecule has 0 aliphatic carbocycles. The molecule has 118 valence electrons. The Labute approximate surface area is 126 Å². The summed E-state index contributed by atoms with van der Waals surface area (Å²) in [6.45, 7) is 5.74. The highest BCUT2D eigenvalue weighted by Crippen LogP contribution is 2.17. The van der Waals surface area contributed by atoms with Crippen molar-refractivity contribution in [3.8, 4) is 0 Å². The van der Waals surface area contributed by atoms with Crippen LogP contribution in [0, 0.1) is 0 Å². The lowest BCUT2D eigenvalue weighted by Gasteiger charge is -2.21. The van der Waals surface area contributed by atoms with Crippen molar-refractivity contribution in [2.45, 2.75) is 37.8 Å². The molecule has 1 amide bonds. The number of nitrogens with two attached hydrogens (primary N) is 1. The van der Waals surface area contributed by atoms with E-state index in [9.17, 15) is 13.2 Å². The number of hydrogen-bond donors (Lipinski definition) is 2. The predicted octanol–water partition coefficient (Wildman–Crippen LogP) is 0.793. The lowest BCUT2D eigenvalue weighted by Crippen LogP contribution is -2.37. The van der Waals surface area contributed by atoms with Gasteiger partial charge in [0, 0.05) is 31.2 Å². The Morgan fingerprint density at radius 2 is 1.76 bits per heavy atom. The van der Waals surface area contributed by atoms with Crippen LogP contribution in [0.4, 0.5) is 0 Å². The Bertz CT molecular complexity index is 582. The molecule has 1 aromatic rings. The van der Waals surface area contributed by atoms with E-state index < -0.39 is 10.0 Å². The molecule has 0 heterocycles. The van der Waals surface area contributed by atoms with E-state index in [1.54, 1.807) is 20.8 Å². The van der Waals surface area contributed by atoms with Crippen molar-refractivity contribution in [3.05, 3.63) is 29.8 Å². The molecule has 6 nitrogen and oxygen atoms in total. The summed E-state index contributed by atoms with van der Waals surface area (Å²) >= 11 is 0. The summed E-state index contributed by atoms with van der Waals surface area (Å²) in [5.41, 5.74) is 5.85. The number of hydrogen-bond acceptors (Lipinski definition) is 4. The fourth-order valence-electron chi connectivity index (χ4n) is 1.59. The second kappa shape index (κ2) is 7.02. The number of sulfonamides is 1. The Morgan fingerprint density at radius 1 is 1.24 bits per heavy atom. The van der Waals surface area contributed by atoms with E-state index >= 15 is 0 Å². The third-order valence-electron chi connectivity index (χ3n) is 3.25. The molecule has 0 aliphatic heterocycles. The van der Waals surface area contributed by atoms with Crippen molar-refractivity contribution >= 4 is 15.9 Å². The van der Waals surface area contributed by atoms with Crippen LogP contribution in [0.1, 0.15) is 31.1 Å². The highest BCUT2D eigenvalue weighted by Gasteiger charge is 2.23. The van der Waals surface area contributed by atoms with E-state index in [-0.39, 0.29) is 22.9 Å². The normalized spacial score (nSPS) is 13.5. The fraction of sp³-hybridized carbons (Fsp3) is 0.500. The van der Waals surface area contributed by atoms with E-state index in [1.807, 2.05) is 0 Å². The average molecular weight is 313 g/mol. The van der Waals surface area contributed by atoms with Crippen LogP contribution in [-0.4, -0.2) is 44.3 Å². The number of rotatable bonds is 6. The molecule has 0 fully saturated rings. The zero-order chi connectivity index (χ0) is 16.2. The second-order valence-corrected chi connectivity index (χ2v) is 7.25. The number of benzene rings is 1. The van der Waals surface area contributed by atoms with Crippen molar-refractivity contribution < 1.29 is 13.2 Å². The fourth-order valence-corrected chi connectivity index (χ4v) is 2.96. The maximum absolute atomic E-state index is 12.3. The summed E-state index contributed by atoms with van der Waals surface area (Å²) in [4.78, 5) is 12.1. The van der Waals surface area contributed by atoms with Crippen molar-refractivity contribution in [1.82, 2.24) is 9.62 Å². The van der Waals surface area contributed by atoms with Crippen LogP contribution >= 0.6 is 0 Å². The van der Waals surface area contributed by atoms with Crippen LogP contribution in [0.15, 0.2) is 29.2 Å². The summed E-state index contributed by atoms with van der Waals surface area (Å²) in [7, 11) is -2.00. The largest absolute Gasteiger partial charge is 0.348 e. The molecule has 0 radical (unpaired) electrons. The minimum absolute atomic E-state index is 0.131. The molecule has 21 heavy (non-hydrogen) atoms. The molecule has 0 bridgehead atoms. The molecule has 0 unspecified atom stereocenters. The van der Waals surface area contributed by atoms with Crippen LogP contribution in [0.5, 0.6) is 0 Å². The minimum Gasteiger partial charge on any atom is -0.348 e. The first kappa shape index (κ1) is 17.6. The van der Waals surface area contributed by atoms with Crippen LogP contribution in [0.25, 0.3) is 0 Å². The van der Waals surface area contributed by atoms with Crippen molar-refractivity contribution in [2.24, 2.45) is 5.73 Å². The van der Waals surface area contributed by atoms with Gasteiger partial charge in [0.15, 0.2) is 0 Å². The van der Waals surface area contributed by atoms with Gasteiger partial charge < -0.3 is 11.1 Å². The van der Waals surface area contributed by atoms with Crippen LogP contribution < -0.4 is 11.1 Å². The molecular weight excluding hydrogens is 290 g/mol. The highest BCUT2D eigenvalue weighted by atomic mass is 32.2. The van der Waals surface area contributed by atoms with E-state index in [0.29, 0.717) is 12.1 Å². The number of carbonyl (C=O) groups excluding carboxylic acids is 1.